The molecule has 114 valence electrons. The molecule has 2 aromatic carbocycles. The molecule has 1 heterocycles. The van der Waals surface area contributed by atoms with Crippen LogP contribution in [-0.4, -0.2) is 29.1 Å². The number of phenolic OH excluding ortho intramolecular Hbond substituents is 1. The van der Waals surface area contributed by atoms with Gasteiger partial charge in [-0.1, -0.05) is 0 Å². The van der Waals surface area contributed by atoms with E-state index in [0.717, 1.165) is 23.8 Å². The van der Waals surface area contributed by atoms with Gasteiger partial charge in [-0.2, -0.15) is 0 Å². The maximum Gasteiger partial charge on any atom is 0.254 e. The van der Waals surface area contributed by atoms with E-state index in [2.05, 4.69) is 0 Å². The molecule has 1 amide bonds. The van der Waals surface area contributed by atoms with E-state index < -0.39 is 17.5 Å². The van der Waals surface area contributed by atoms with E-state index >= 15 is 0 Å². The zero-order valence-corrected chi connectivity index (χ0v) is 11.6. The molecule has 4 nitrogen and oxygen atoms in total. The van der Waals surface area contributed by atoms with Crippen LogP contribution in [0.5, 0.6) is 11.5 Å². The van der Waals surface area contributed by atoms with Crippen LogP contribution in [0.4, 0.5) is 8.78 Å². The van der Waals surface area contributed by atoms with Crippen LogP contribution in [0, 0.1) is 11.6 Å². The zero-order chi connectivity index (χ0) is 15.7. The number of phenols is 1. The van der Waals surface area contributed by atoms with Crippen molar-refractivity contribution in [2.24, 2.45) is 0 Å². The number of nitrogens with zero attached hydrogens (tertiary/aromatic N) is 1. The van der Waals surface area contributed by atoms with E-state index in [4.69, 9.17) is 4.74 Å². The van der Waals surface area contributed by atoms with Crippen molar-refractivity contribution >= 4 is 5.91 Å². The second kappa shape index (κ2) is 5.63. The molecule has 0 spiro atoms. The van der Waals surface area contributed by atoms with Gasteiger partial charge in [0.1, 0.15) is 29.7 Å². The lowest BCUT2D eigenvalue weighted by molar-refractivity contribution is 0.0732. The number of amides is 1. The van der Waals surface area contributed by atoms with E-state index in [0.29, 0.717) is 5.75 Å². The third-order valence-electron chi connectivity index (χ3n) is 3.43. The third kappa shape index (κ3) is 2.86. The molecule has 3 rings (SSSR count). The summed E-state index contributed by atoms with van der Waals surface area (Å²) >= 11 is 0. The molecule has 2 aromatic rings. The van der Waals surface area contributed by atoms with Gasteiger partial charge < -0.3 is 14.7 Å². The predicted molar refractivity (Wildman–Crippen MR) is 74.7 cm³/mol. The fraction of sp³-hybridized carbons (Fsp3) is 0.188. The van der Waals surface area contributed by atoms with Crippen molar-refractivity contribution in [1.29, 1.82) is 0 Å². The zero-order valence-electron chi connectivity index (χ0n) is 11.6. The van der Waals surface area contributed by atoms with Crippen LogP contribution in [0.25, 0.3) is 0 Å². The Balaban J connectivity index is 1.88. The van der Waals surface area contributed by atoms with Crippen molar-refractivity contribution < 1.29 is 23.4 Å². The Morgan fingerprint density at radius 3 is 2.59 bits per heavy atom. The summed E-state index contributed by atoms with van der Waals surface area (Å²) in [5, 5.41) is 9.45. The minimum absolute atomic E-state index is 0.0419. The Morgan fingerprint density at radius 1 is 1.14 bits per heavy atom. The highest BCUT2D eigenvalue weighted by Crippen LogP contribution is 2.27. The van der Waals surface area contributed by atoms with Crippen LogP contribution in [0.3, 0.4) is 0 Å². The van der Waals surface area contributed by atoms with E-state index in [1.54, 1.807) is 6.07 Å². The summed E-state index contributed by atoms with van der Waals surface area (Å²) in [6.45, 7) is 0.763. The number of ether oxygens (including phenoxy) is 1. The number of fused-ring (bicyclic) bond motifs is 1. The first kappa shape index (κ1) is 14.3. The van der Waals surface area contributed by atoms with Gasteiger partial charge in [-0.15, -0.1) is 0 Å². The average Bonchev–Trinajstić information content (AvgIpc) is 2.67. The Morgan fingerprint density at radius 2 is 1.86 bits per heavy atom. The van der Waals surface area contributed by atoms with Crippen LogP contribution in [0.2, 0.25) is 0 Å². The molecule has 6 heteroatoms. The molecule has 0 saturated heterocycles. The minimum atomic E-state index is -0.792. The fourth-order valence-corrected chi connectivity index (χ4v) is 2.39. The van der Waals surface area contributed by atoms with E-state index in [1.807, 2.05) is 0 Å². The smallest absolute Gasteiger partial charge is 0.254 e. The number of carbonyl (C=O) groups excluding carboxylic acids is 1. The highest BCUT2D eigenvalue weighted by Gasteiger charge is 2.22. The van der Waals surface area contributed by atoms with Gasteiger partial charge in [0.05, 0.1) is 6.54 Å². The van der Waals surface area contributed by atoms with Gasteiger partial charge in [0.15, 0.2) is 0 Å². The molecule has 0 aliphatic carbocycles. The third-order valence-corrected chi connectivity index (χ3v) is 3.43. The number of rotatable bonds is 1. The van der Waals surface area contributed by atoms with Crippen molar-refractivity contribution in [3.8, 4) is 11.5 Å². The maximum atomic E-state index is 13.3. The predicted octanol–water partition coefficient (Wildman–Crippen LogP) is 2.71. The van der Waals surface area contributed by atoms with Crippen LogP contribution in [0.1, 0.15) is 15.9 Å². The quantitative estimate of drug-likeness (QED) is 0.881. The van der Waals surface area contributed by atoms with Gasteiger partial charge in [0.2, 0.25) is 0 Å². The van der Waals surface area contributed by atoms with Crippen molar-refractivity contribution in [1.82, 2.24) is 4.90 Å². The molecule has 1 N–H and O–H groups in total. The van der Waals surface area contributed by atoms with Crippen molar-refractivity contribution in [2.45, 2.75) is 6.54 Å². The number of halogens is 2. The first-order chi connectivity index (χ1) is 10.5. The lowest BCUT2D eigenvalue weighted by Crippen LogP contribution is -2.32. The summed E-state index contributed by atoms with van der Waals surface area (Å²) in [5.74, 6) is -1.48. The Bertz CT molecular complexity index is 713. The Labute approximate surface area is 125 Å². The molecular weight excluding hydrogens is 292 g/mol. The maximum absolute atomic E-state index is 13.3. The summed E-state index contributed by atoms with van der Waals surface area (Å²) in [4.78, 5) is 13.9. The van der Waals surface area contributed by atoms with Gasteiger partial charge in [-0.3, -0.25) is 4.79 Å². The van der Waals surface area contributed by atoms with Gasteiger partial charge >= 0.3 is 0 Å². The van der Waals surface area contributed by atoms with Gasteiger partial charge in [-0.25, -0.2) is 8.78 Å². The highest BCUT2D eigenvalue weighted by molar-refractivity contribution is 5.94. The summed E-state index contributed by atoms with van der Waals surface area (Å²) < 4.78 is 32.0. The number of hydrogen-bond donors (Lipinski definition) is 1. The molecule has 0 bridgehead atoms. The molecule has 0 aromatic heterocycles. The Hall–Kier alpha value is -2.63. The monoisotopic (exact) mass is 305 g/mol. The van der Waals surface area contributed by atoms with Crippen LogP contribution in [0.15, 0.2) is 36.4 Å². The molecule has 0 unspecified atom stereocenters. The van der Waals surface area contributed by atoms with Crippen LogP contribution < -0.4 is 4.74 Å². The van der Waals surface area contributed by atoms with Crippen molar-refractivity contribution in [2.75, 3.05) is 13.2 Å². The second-order valence-corrected chi connectivity index (χ2v) is 5.03. The van der Waals surface area contributed by atoms with Crippen molar-refractivity contribution in [3.05, 3.63) is 59.2 Å². The normalized spacial score (nSPS) is 14.0. The minimum Gasteiger partial charge on any atom is -0.508 e. The lowest BCUT2D eigenvalue weighted by Gasteiger charge is -2.20. The molecule has 1 aliphatic rings. The van der Waals surface area contributed by atoms with Gasteiger partial charge in [0, 0.05) is 29.8 Å². The van der Waals surface area contributed by atoms with Crippen molar-refractivity contribution in [3.63, 3.8) is 0 Å². The SMILES string of the molecule is O=C(c1cc(F)cc(F)c1)N1CCOc2cc(O)ccc2C1. The summed E-state index contributed by atoms with van der Waals surface area (Å²) in [5.41, 5.74) is 0.681. The van der Waals surface area contributed by atoms with Crippen LogP contribution >= 0.6 is 0 Å². The topological polar surface area (TPSA) is 49.8 Å². The standard InChI is InChI=1S/C16H13F2NO3/c17-12-5-11(6-13(18)7-12)16(21)19-3-4-22-15-8-14(20)2-1-10(15)9-19/h1-2,5-8,20H,3-4,9H2. The first-order valence-corrected chi connectivity index (χ1v) is 6.73. The first-order valence-electron chi connectivity index (χ1n) is 6.73. The number of benzene rings is 2. The van der Waals surface area contributed by atoms with E-state index in [1.165, 1.54) is 17.0 Å². The highest BCUT2D eigenvalue weighted by atomic mass is 19.1. The fourth-order valence-electron chi connectivity index (χ4n) is 2.39. The van der Waals surface area contributed by atoms with Gasteiger partial charge in [0.25, 0.3) is 5.91 Å². The molecule has 0 saturated carbocycles. The molecule has 0 fully saturated rings. The molecule has 1 aliphatic heterocycles. The average molecular weight is 305 g/mol. The van der Waals surface area contributed by atoms with Crippen LogP contribution in [-0.2, 0) is 6.54 Å². The Kier molecular flexibility index (Phi) is 3.66. The van der Waals surface area contributed by atoms with E-state index in [-0.39, 0.29) is 31.0 Å². The molecular formula is C16H13F2NO3. The number of hydrogen-bond acceptors (Lipinski definition) is 3. The lowest BCUT2D eigenvalue weighted by atomic mass is 10.1. The van der Waals surface area contributed by atoms with Gasteiger partial charge in [-0.05, 0) is 24.3 Å². The number of carbonyl (C=O) groups is 1. The summed E-state index contributed by atoms with van der Waals surface area (Å²) in [6.07, 6.45) is 0. The molecule has 0 radical (unpaired) electrons. The number of aromatic hydroxyl groups is 1. The molecule has 0 atom stereocenters. The molecule has 22 heavy (non-hydrogen) atoms. The summed E-state index contributed by atoms with van der Waals surface area (Å²) in [7, 11) is 0. The summed E-state index contributed by atoms with van der Waals surface area (Å²) in [6, 6.07) is 7.37. The van der Waals surface area contributed by atoms with E-state index in [9.17, 15) is 18.7 Å². The largest absolute Gasteiger partial charge is 0.508 e. The second-order valence-electron chi connectivity index (χ2n) is 5.03.